The summed E-state index contributed by atoms with van der Waals surface area (Å²) < 4.78 is 24.6. The molecular weight excluding hydrogens is 222 g/mol. The van der Waals surface area contributed by atoms with Gasteiger partial charge in [-0.25, -0.2) is 8.42 Å². The van der Waals surface area contributed by atoms with Crippen LogP contribution in [-0.2, 0) is 9.84 Å². The van der Waals surface area contributed by atoms with Gasteiger partial charge >= 0.3 is 0 Å². The minimum atomic E-state index is -3.13. The largest absolute Gasteiger partial charge is 0.317 e. The Morgan fingerprint density at radius 3 is 2.56 bits per heavy atom. The molecule has 0 bridgehead atoms. The molecule has 4 heteroatoms. The summed E-state index contributed by atoms with van der Waals surface area (Å²) in [6, 6.07) is 8.78. The molecule has 0 spiro atoms. The molecule has 1 aromatic rings. The molecule has 1 atom stereocenters. The molecule has 0 radical (unpaired) electrons. The highest BCUT2D eigenvalue weighted by atomic mass is 32.2. The van der Waals surface area contributed by atoms with Gasteiger partial charge in [-0.3, -0.25) is 0 Å². The zero-order chi connectivity index (χ0) is 11.4. The Hall–Kier alpha value is -0.870. The highest BCUT2D eigenvalue weighted by Crippen LogP contribution is 2.22. The summed E-state index contributed by atoms with van der Waals surface area (Å²) in [7, 11) is -3.13. The molecule has 1 aromatic carbocycles. The zero-order valence-electron chi connectivity index (χ0n) is 9.22. The summed E-state index contributed by atoms with van der Waals surface area (Å²) in [6.07, 6.45) is 2.43. The first-order chi connectivity index (χ1) is 7.71. The molecule has 1 aliphatic rings. The predicted molar refractivity (Wildman–Crippen MR) is 64.1 cm³/mol. The fourth-order valence-corrected chi connectivity index (χ4v) is 3.93. The third-order valence-corrected chi connectivity index (χ3v) is 5.31. The van der Waals surface area contributed by atoms with E-state index in [9.17, 15) is 8.42 Å². The lowest BCUT2D eigenvalue weighted by molar-refractivity contribution is 0.566. The Kier molecular flexibility index (Phi) is 3.61. The van der Waals surface area contributed by atoms with Crippen LogP contribution in [0.5, 0.6) is 0 Å². The lowest BCUT2D eigenvalue weighted by atomic mass is 10.2. The highest BCUT2D eigenvalue weighted by Gasteiger charge is 2.27. The summed E-state index contributed by atoms with van der Waals surface area (Å²) >= 11 is 0. The molecule has 1 unspecified atom stereocenters. The summed E-state index contributed by atoms with van der Waals surface area (Å²) in [6.45, 7) is 1.73. The van der Waals surface area contributed by atoms with E-state index in [4.69, 9.17) is 0 Å². The van der Waals surface area contributed by atoms with Gasteiger partial charge in [0.1, 0.15) is 0 Å². The van der Waals surface area contributed by atoms with Crippen molar-refractivity contribution in [2.45, 2.75) is 29.4 Å². The maximum Gasteiger partial charge on any atom is 0.181 e. The first-order valence-electron chi connectivity index (χ1n) is 5.71. The minimum Gasteiger partial charge on any atom is -0.317 e. The quantitative estimate of drug-likeness (QED) is 0.852. The van der Waals surface area contributed by atoms with Crippen molar-refractivity contribution in [3.8, 4) is 0 Å². The van der Waals surface area contributed by atoms with E-state index in [0.717, 1.165) is 32.4 Å². The van der Waals surface area contributed by atoms with Crippen molar-refractivity contribution in [1.82, 2.24) is 5.32 Å². The van der Waals surface area contributed by atoms with Crippen LogP contribution in [0.15, 0.2) is 35.2 Å². The maximum absolute atomic E-state index is 12.3. The van der Waals surface area contributed by atoms with Crippen molar-refractivity contribution in [3.05, 3.63) is 30.3 Å². The highest BCUT2D eigenvalue weighted by molar-refractivity contribution is 7.92. The molecular formula is C12H17NO2S. The molecule has 88 valence electrons. The van der Waals surface area contributed by atoms with Crippen molar-refractivity contribution in [3.63, 3.8) is 0 Å². The van der Waals surface area contributed by atoms with Crippen LogP contribution in [0.2, 0.25) is 0 Å². The molecule has 2 rings (SSSR count). The van der Waals surface area contributed by atoms with Crippen LogP contribution < -0.4 is 5.32 Å². The second kappa shape index (κ2) is 4.97. The van der Waals surface area contributed by atoms with Crippen molar-refractivity contribution in [2.75, 3.05) is 13.1 Å². The van der Waals surface area contributed by atoms with Gasteiger partial charge in [-0.1, -0.05) is 18.2 Å². The van der Waals surface area contributed by atoms with Gasteiger partial charge in [0.15, 0.2) is 9.84 Å². The molecule has 0 saturated carbocycles. The summed E-state index contributed by atoms with van der Waals surface area (Å²) in [5, 5.41) is 3.02. The first kappa shape index (κ1) is 11.6. The molecule has 1 aliphatic heterocycles. The average Bonchev–Trinajstić information content (AvgIpc) is 2.59. The molecule has 0 aromatic heterocycles. The van der Waals surface area contributed by atoms with Gasteiger partial charge in [0.2, 0.25) is 0 Å². The van der Waals surface area contributed by atoms with E-state index < -0.39 is 9.84 Å². The minimum absolute atomic E-state index is 0.218. The Morgan fingerprint density at radius 1 is 1.06 bits per heavy atom. The molecule has 0 aliphatic carbocycles. The summed E-state index contributed by atoms with van der Waals surface area (Å²) in [5.41, 5.74) is 0. The number of benzene rings is 1. The molecule has 1 heterocycles. The van der Waals surface area contributed by atoms with Gasteiger partial charge in [-0.05, 0) is 44.5 Å². The van der Waals surface area contributed by atoms with Crippen LogP contribution in [0.3, 0.4) is 0 Å². The lowest BCUT2D eigenvalue weighted by Crippen LogP contribution is -2.23. The van der Waals surface area contributed by atoms with E-state index in [-0.39, 0.29) is 5.25 Å². The normalized spacial score (nSPS) is 22.6. The van der Waals surface area contributed by atoms with Crippen LogP contribution in [0, 0.1) is 0 Å². The Bertz CT molecular complexity index is 420. The van der Waals surface area contributed by atoms with Crippen LogP contribution in [0.25, 0.3) is 0 Å². The van der Waals surface area contributed by atoms with E-state index in [1.165, 1.54) is 0 Å². The molecule has 1 saturated heterocycles. The van der Waals surface area contributed by atoms with E-state index >= 15 is 0 Å². The van der Waals surface area contributed by atoms with E-state index in [1.54, 1.807) is 24.3 Å². The Balaban J connectivity index is 2.24. The van der Waals surface area contributed by atoms with Crippen molar-refractivity contribution in [1.29, 1.82) is 0 Å². The molecule has 3 nitrogen and oxygen atoms in total. The van der Waals surface area contributed by atoms with Crippen molar-refractivity contribution < 1.29 is 8.42 Å². The fraction of sp³-hybridized carbons (Fsp3) is 0.500. The topological polar surface area (TPSA) is 46.2 Å². The number of hydrogen-bond acceptors (Lipinski definition) is 3. The lowest BCUT2D eigenvalue weighted by Gasteiger charge is -2.14. The Morgan fingerprint density at radius 2 is 1.81 bits per heavy atom. The Labute approximate surface area is 96.8 Å². The first-order valence-corrected chi connectivity index (χ1v) is 7.25. The van der Waals surface area contributed by atoms with Crippen LogP contribution in [-0.4, -0.2) is 26.8 Å². The van der Waals surface area contributed by atoms with Gasteiger partial charge in [0.05, 0.1) is 10.1 Å². The number of nitrogens with one attached hydrogen (secondary N) is 1. The average molecular weight is 239 g/mol. The standard InChI is InChI=1S/C12H17NO2S/c14-16(15,11-5-2-1-3-6-11)12-7-4-9-13-10-8-12/h1-3,5-6,12-13H,4,7-10H2. The van der Waals surface area contributed by atoms with E-state index in [2.05, 4.69) is 5.32 Å². The smallest absolute Gasteiger partial charge is 0.181 e. The molecule has 1 N–H and O–H groups in total. The molecule has 0 amide bonds. The van der Waals surface area contributed by atoms with Crippen molar-refractivity contribution >= 4 is 9.84 Å². The third kappa shape index (κ3) is 2.44. The summed E-state index contributed by atoms with van der Waals surface area (Å²) in [4.78, 5) is 0.460. The number of rotatable bonds is 2. The SMILES string of the molecule is O=S(=O)(c1ccccc1)C1CCCNCC1. The number of sulfone groups is 1. The fourth-order valence-electron chi connectivity index (χ4n) is 2.10. The van der Waals surface area contributed by atoms with E-state index in [1.807, 2.05) is 6.07 Å². The molecule has 16 heavy (non-hydrogen) atoms. The second-order valence-corrected chi connectivity index (χ2v) is 6.39. The van der Waals surface area contributed by atoms with Gasteiger partial charge in [0, 0.05) is 0 Å². The van der Waals surface area contributed by atoms with Crippen LogP contribution in [0.4, 0.5) is 0 Å². The van der Waals surface area contributed by atoms with Crippen LogP contribution in [0.1, 0.15) is 19.3 Å². The van der Waals surface area contributed by atoms with Gasteiger partial charge in [0.25, 0.3) is 0 Å². The zero-order valence-corrected chi connectivity index (χ0v) is 10.0. The van der Waals surface area contributed by atoms with Gasteiger partial charge in [-0.15, -0.1) is 0 Å². The predicted octanol–water partition coefficient (Wildman–Crippen LogP) is 1.60. The van der Waals surface area contributed by atoms with Crippen molar-refractivity contribution in [2.24, 2.45) is 0 Å². The van der Waals surface area contributed by atoms with Crippen LogP contribution >= 0.6 is 0 Å². The molecule has 1 fully saturated rings. The monoisotopic (exact) mass is 239 g/mol. The summed E-state index contributed by atoms with van der Waals surface area (Å²) in [5.74, 6) is 0. The van der Waals surface area contributed by atoms with Gasteiger partial charge in [-0.2, -0.15) is 0 Å². The number of hydrogen-bond donors (Lipinski definition) is 1. The van der Waals surface area contributed by atoms with Gasteiger partial charge < -0.3 is 5.32 Å². The third-order valence-electron chi connectivity index (χ3n) is 3.03. The maximum atomic E-state index is 12.3. The second-order valence-electron chi connectivity index (χ2n) is 4.16. The van der Waals surface area contributed by atoms with E-state index in [0.29, 0.717) is 4.90 Å².